The highest BCUT2D eigenvalue weighted by Crippen LogP contribution is 2.22. The maximum Gasteiger partial charge on any atom is 0.224 e. The lowest BCUT2D eigenvalue weighted by molar-refractivity contribution is -0.116. The number of amides is 1. The van der Waals surface area contributed by atoms with Gasteiger partial charge in [0, 0.05) is 30.9 Å². The fraction of sp³-hybridized carbons (Fsp3) is 0.588. The van der Waals surface area contributed by atoms with E-state index in [2.05, 4.69) is 27.7 Å². The van der Waals surface area contributed by atoms with E-state index < -0.39 is 0 Å². The third kappa shape index (κ3) is 3.97. The minimum absolute atomic E-state index is 0.135. The quantitative estimate of drug-likeness (QED) is 0.875. The van der Waals surface area contributed by atoms with E-state index in [0.717, 1.165) is 38.3 Å². The van der Waals surface area contributed by atoms with Crippen molar-refractivity contribution in [3.8, 4) is 0 Å². The molecule has 1 amide bonds. The summed E-state index contributed by atoms with van der Waals surface area (Å²) in [5.41, 5.74) is 2.18. The molecule has 0 radical (unpaired) electrons. The van der Waals surface area contributed by atoms with Crippen molar-refractivity contribution in [1.82, 2.24) is 5.32 Å². The summed E-state index contributed by atoms with van der Waals surface area (Å²) in [5, 5.41) is 6.35. The highest BCUT2D eigenvalue weighted by atomic mass is 16.1. The lowest BCUT2D eigenvalue weighted by Gasteiger charge is -2.17. The number of carbonyl (C=O) groups is 1. The fourth-order valence-electron chi connectivity index (χ4n) is 3.25. The molecule has 4 heteroatoms. The maximum absolute atomic E-state index is 12.0. The summed E-state index contributed by atoms with van der Waals surface area (Å²) in [6, 6.07) is 8.26. The topological polar surface area (TPSA) is 44.4 Å². The Morgan fingerprint density at radius 1 is 1.24 bits per heavy atom. The second-order valence-electron chi connectivity index (χ2n) is 6.19. The Morgan fingerprint density at radius 3 is 2.67 bits per heavy atom. The lowest BCUT2D eigenvalue weighted by atomic mass is 10.0. The van der Waals surface area contributed by atoms with Gasteiger partial charge >= 0.3 is 0 Å². The van der Waals surface area contributed by atoms with Gasteiger partial charge in [-0.05, 0) is 69.0 Å². The number of nitrogens with one attached hydrogen (secondary N) is 2. The molecule has 2 N–H and O–H groups in total. The Hall–Kier alpha value is -1.55. The monoisotopic (exact) mass is 287 g/mol. The zero-order valence-electron chi connectivity index (χ0n) is 12.6. The van der Waals surface area contributed by atoms with Crippen LogP contribution in [0.3, 0.4) is 0 Å². The molecule has 2 aliphatic heterocycles. The number of hydrogen-bond acceptors (Lipinski definition) is 3. The Morgan fingerprint density at radius 2 is 2.00 bits per heavy atom. The number of carbonyl (C=O) groups excluding carboxylic acids is 1. The van der Waals surface area contributed by atoms with Crippen LogP contribution in [0, 0.1) is 5.92 Å². The molecule has 1 atom stereocenters. The number of anilines is 2. The number of nitrogens with zero attached hydrogens (tertiary/aromatic N) is 1. The molecule has 2 aliphatic rings. The average molecular weight is 287 g/mol. The van der Waals surface area contributed by atoms with Gasteiger partial charge in [-0.3, -0.25) is 4.79 Å². The molecule has 21 heavy (non-hydrogen) atoms. The van der Waals surface area contributed by atoms with Crippen LogP contribution in [0.15, 0.2) is 24.3 Å². The van der Waals surface area contributed by atoms with E-state index >= 15 is 0 Å². The van der Waals surface area contributed by atoms with Crippen LogP contribution in [0.25, 0.3) is 0 Å². The van der Waals surface area contributed by atoms with Crippen molar-refractivity contribution in [1.29, 1.82) is 0 Å². The third-order valence-electron chi connectivity index (χ3n) is 4.56. The van der Waals surface area contributed by atoms with Crippen LogP contribution in [-0.4, -0.2) is 32.1 Å². The first-order chi connectivity index (χ1) is 10.3. The van der Waals surface area contributed by atoms with E-state index in [1.165, 1.54) is 24.9 Å². The molecule has 2 fully saturated rings. The molecule has 3 rings (SSSR count). The molecular weight excluding hydrogens is 262 g/mol. The van der Waals surface area contributed by atoms with Crippen molar-refractivity contribution in [3.63, 3.8) is 0 Å². The normalized spacial score (nSPS) is 21.7. The predicted molar refractivity (Wildman–Crippen MR) is 86.7 cm³/mol. The predicted octanol–water partition coefficient (Wildman–Crippen LogP) is 2.62. The van der Waals surface area contributed by atoms with E-state index in [9.17, 15) is 4.79 Å². The highest BCUT2D eigenvalue weighted by molar-refractivity contribution is 5.90. The van der Waals surface area contributed by atoms with E-state index in [4.69, 9.17) is 0 Å². The molecule has 2 heterocycles. The van der Waals surface area contributed by atoms with Gasteiger partial charge < -0.3 is 15.5 Å². The molecule has 1 unspecified atom stereocenters. The Labute approximate surface area is 126 Å². The Bertz CT molecular complexity index is 459. The Balaban J connectivity index is 1.46. The highest BCUT2D eigenvalue weighted by Gasteiger charge is 2.16. The summed E-state index contributed by atoms with van der Waals surface area (Å²) >= 11 is 0. The lowest BCUT2D eigenvalue weighted by Crippen LogP contribution is -2.17. The zero-order valence-corrected chi connectivity index (χ0v) is 12.6. The largest absolute Gasteiger partial charge is 0.372 e. The average Bonchev–Trinajstić information content (AvgIpc) is 3.19. The first kappa shape index (κ1) is 14.4. The van der Waals surface area contributed by atoms with E-state index in [1.807, 2.05) is 12.1 Å². The van der Waals surface area contributed by atoms with Crippen LogP contribution in [-0.2, 0) is 4.79 Å². The molecule has 114 valence electrons. The summed E-state index contributed by atoms with van der Waals surface area (Å²) in [6.45, 7) is 4.48. The number of rotatable bonds is 5. The van der Waals surface area contributed by atoms with Crippen molar-refractivity contribution >= 4 is 17.3 Å². The van der Waals surface area contributed by atoms with Gasteiger partial charge in [-0.2, -0.15) is 0 Å². The fourth-order valence-corrected chi connectivity index (χ4v) is 3.25. The van der Waals surface area contributed by atoms with Gasteiger partial charge in [-0.25, -0.2) is 0 Å². The molecule has 1 aromatic rings. The van der Waals surface area contributed by atoms with Crippen LogP contribution >= 0.6 is 0 Å². The second-order valence-corrected chi connectivity index (χ2v) is 6.19. The van der Waals surface area contributed by atoms with Crippen LogP contribution < -0.4 is 15.5 Å². The SMILES string of the molecule is O=C(CCC1CCNC1)Nc1ccc(N2CCCC2)cc1. The van der Waals surface area contributed by atoms with Gasteiger partial charge in [0.1, 0.15) is 0 Å². The van der Waals surface area contributed by atoms with Gasteiger partial charge in [0.25, 0.3) is 0 Å². The maximum atomic E-state index is 12.0. The summed E-state index contributed by atoms with van der Waals surface area (Å²) < 4.78 is 0. The molecule has 0 aromatic heterocycles. The van der Waals surface area contributed by atoms with Crippen molar-refractivity contribution in [2.45, 2.75) is 32.1 Å². The van der Waals surface area contributed by atoms with E-state index in [1.54, 1.807) is 0 Å². The molecular formula is C17H25N3O. The summed E-state index contributed by atoms with van der Waals surface area (Å²) in [7, 11) is 0. The smallest absolute Gasteiger partial charge is 0.224 e. The van der Waals surface area contributed by atoms with Crippen molar-refractivity contribution in [2.24, 2.45) is 5.92 Å². The van der Waals surface area contributed by atoms with E-state index in [-0.39, 0.29) is 5.91 Å². The first-order valence-corrected chi connectivity index (χ1v) is 8.17. The minimum atomic E-state index is 0.135. The molecule has 0 spiro atoms. The van der Waals surface area contributed by atoms with E-state index in [0.29, 0.717) is 12.3 Å². The molecule has 0 aliphatic carbocycles. The van der Waals surface area contributed by atoms with Crippen LogP contribution in [0.4, 0.5) is 11.4 Å². The summed E-state index contributed by atoms with van der Waals surface area (Å²) in [6.07, 6.45) is 5.39. The van der Waals surface area contributed by atoms with Gasteiger partial charge in [-0.1, -0.05) is 0 Å². The summed E-state index contributed by atoms with van der Waals surface area (Å²) in [4.78, 5) is 14.4. The molecule has 2 saturated heterocycles. The molecule has 4 nitrogen and oxygen atoms in total. The van der Waals surface area contributed by atoms with Gasteiger partial charge in [-0.15, -0.1) is 0 Å². The number of hydrogen-bond donors (Lipinski definition) is 2. The van der Waals surface area contributed by atoms with Crippen molar-refractivity contribution in [3.05, 3.63) is 24.3 Å². The van der Waals surface area contributed by atoms with Crippen LogP contribution in [0.1, 0.15) is 32.1 Å². The van der Waals surface area contributed by atoms with Crippen LogP contribution in [0.5, 0.6) is 0 Å². The van der Waals surface area contributed by atoms with Crippen LogP contribution in [0.2, 0.25) is 0 Å². The van der Waals surface area contributed by atoms with Gasteiger partial charge in [0.05, 0.1) is 0 Å². The standard InChI is InChI=1S/C17H25N3O/c21-17(8-3-14-9-10-18-13-14)19-15-4-6-16(7-5-15)20-11-1-2-12-20/h4-7,14,18H,1-3,8-13H2,(H,19,21). The van der Waals surface area contributed by atoms with Gasteiger partial charge in [0.15, 0.2) is 0 Å². The van der Waals surface area contributed by atoms with Crippen molar-refractivity contribution < 1.29 is 4.79 Å². The zero-order chi connectivity index (χ0) is 14.5. The third-order valence-corrected chi connectivity index (χ3v) is 4.56. The molecule has 0 saturated carbocycles. The van der Waals surface area contributed by atoms with Gasteiger partial charge in [0.2, 0.25) is 5.91 Å². The number of benzene rings is 1. The Kier molecular flexibility index (Phi) is 4.76. The summed E-state index contributed by atoms with van der Waals surface area (Å²) in [5.74, 6) is 0.809. The minimum Gasteiger partial charge on any atom is -0.372 e. The second kappa shape index (κ2) is 6.94. The molecule has 0 bridgehead atoms. The molecule has 1 aromatic carbocycles. The first-order valence-electron chi connectivity index (χ1n) is 8.17. The van der Waals surface area contributed by atoms with Crippen molar-refractivity contribution in [2.75, 3.05) is 36.4 Å².